The first kappa shape index (κ1) is 13.9. The van der Waals surface area contributed by atoms with Gasteiger partial charge in [-0.1, -0.05) is 71.8 Å². The van der Waals surface area contributed by atoms with E-state index >= 15 is 0 Å². The molecule has 0 spiro atoms. The minimum Gasteiger partial charge on any atom is -0.0939 e. The Morgan fingerprint density at radius 3 is 1.43 bits per heavy atom. The fourth-order valence-corrected chi connectivity index (χ4v) is 3.42. The van der Waals surface area contributed by atoms with E-state index in [-0.39, 0.29) is 5.41 Å². The first-order valence-electron chi connectivity index (χ1n) is 7.50. The molecule has 0 radical (unpaired) electrons. The normalized spacial score (nSPS) is 16.0. The van der Waals surface area contributed by atoms with Crippen LogP contribution in [0.3, 0.4) is 0 Å². The van der Waals surface area contributed by atoms with E-state index in [0.717, 1.165) is 0 Å². The molecule has 1 aliphatic rings. The molecule has 1 fully saturated rings. The molecular weight excluding hydrogens is 252 g/mol. The van der Waals surface area contributed by atoms with Crippen LogP contribution >= 0.6 is 0 Å². The maximum absolute atomic E-state index is 4.36. The lowest BCUT2D eigenvalue weighted by Crippen LogP contribution is -2.10. The lowest BCUT2D eigenvalue weighted by Gasteiger charge is -2.17. The van der Waals surface area contributed by atoms with Crippen molar-refractivity contribution in [3.05, 3.63) is 94.1 Å². The van der Waals surface area contributed by atoms with E-state index in [1.54, 1.807) is 0 Å². The van der Waals surface area contributed by atoms with E-state index in [4.69, 9.17) is 0 Å². The van der Waals surface area contributed by atoms with Crippen LogP contribution in [0.15, 0.2) is 71.8 Å². The highest BCUT2D eigenvalue weighted by Gasteiger charge is 2.56. The number of rotatable bonds is 2. The summed E-state index contributed by atoms with van der Waals surface area (Å²) in [6, 6.07) is 17.8. The largest absolute Gasteiger partial charge is 0.0939 e. The van der Waals surface area contributed by atoms with Gasteiger partial charge in [-0.25, -0.2) is 0 Å². The Morgan fingerprint density at radius 2 is 1.14 bits per heavy atom. The smallest absolute Gasteiger partial charge is 0.0701 e. The van der Waals surface area contributed by atoms with Gasteiger partial charge in [0.1, 0.15) is 0 Å². The van der Waals surface area contributed by atoms with Gasteiger partial charge in [-0.3, -0.25) is 0 Å². The summed E-state index contributed by atoms with van der Waals surface area (Å²) in [4.78, 5) is 0. The van der Waals surface area contributed by atoms with Crippen LogP contribution in [0.25, 0.3) is 0 Å². The Hall–Kier alpha value is -2.08. The third kappa shape index (κ3) is 1.98. The van der Waals surface area contributed by atoms with Crippen LogP contribution in [0.5, 0.6) is 0 Å². The molecule has 0 amide bonds. The molecule has 106 valence electrons. The van der Waals surface area contributed by atoms with Gasteiger partial charge in [0.05, 0.1) is 5.41 Å². The Morgan fingerprint density at radius 1 is 0.762 bits per heavy atom. The van der Waals surface area contributed by atoms with E-state index in [2.05, 4.69) is 82.8 Å². The first-order chi connectivity index (χ1) is 9.97. The van der Waals surface area contributed by atoms with Crippen LogP contribution in [0, 0.1) is 13.8 Å². The summed E-state index contributed by atoms with van der Waals surface area (Å²) in [6.45, 7) is 13.0. The molecule has 0 unspecified atom stereocenters. The minimum absolute atomic E-state index is 0.0970. The van der Waals surface area contributed by atoms with Crippen molar-refractivity contribution in [3.8, 4) is 0 Å². The summed E-state index contributed by atoms with van der Waals surface area (Å²) < 4.78 is 0. The lowest BCUT2D eigenvalue weighted by molar-refractivity contribution is 0.930. The molecule has 2 aromatic rings. The number of aryl methyl sites for hydroxylation is 2. The van der Waals surface area contributed by atoms with E-state index in [9.17, 15) is 0 Å². The van der Waals surface area contributed by atoms with Gasteiger partial charge in [0, 0.05) is 0 Å². The van der Waals surface area contributed by atoms with Crippen LogP contribution in [0.1, 0.15) is 36.1 Å². The zero-order chi connectivity index (χ0) is 15.2. The Bertz CT molecular complexity index is 675. The van der Waals surface area contributed by atoms with Crippen LogP contribution in [-0.4, -0.2) is 0 Å². The average molecular weight is 274 g/mol. The van der Waals surface area contributed by atoms with Gasteiger partial charge in [0.2, 0.25) is 0 Å². The highest BCUT2D eigenvalue weighted by molar-refractivity contribution is 5.79. The summed E-state index contributed by atoms with van der Waals surface area (Å²) in [6.07, 6.45) is 0. The molecule has 0 aliphatic heterocycles. The van der Waals surface area contributed by atoms with Gasteiger partial charge in [-0.15, -0.1) is 0 Å². The van der Waals surface area contributed by atoms with Gasteiger partial charge in [-0.05, 0) is 50.0 Å². The van der Waals surface area contributed by atoms with E-state index in [1.165, 1.54) is 39.0 Å². The average Bonchev–Trinajstić information content (AvgIpc) is 3.07. The molecule has 0 atom stereocenters. The predicted octanol–water partition coefficient (Wildman–Crippen LogP) is 5.50. The third-order valence-corrected chi connectivity index (χ3v) is 4.54. The van der Waals surface area contributed by atoms with Crippen LogP contribution in [0.2, 0.25) is 0 Å². The highest BCUT2D eigenvalue weighted by Crippen LogP contribution is 2.63. The zero-order valence-electron chi connectivity index (χ0n) is 13.3. The fraction of sp³-hybridized carbons (Fsp3) is 0.238. The molecule has 0 heterocycles. The molecule has 1 aliphatic carbocycles. The van der Waals surface area contributed by atoms with E-state index in [0.29, 0.717) is 0 Å². The van der Waals surface area contributed by atoms with E-state index in [1.807, 2.05) is 0 Å². The zero-order valence-corrected chi connectivity index (χ0v) is 13.3. The van der Waals surface area contributed by atoms with Crippen molar-refractivity contribution in [1.82, 2.24) is 0 Å². The fourth-order valence-electron chi connectivity index (χ4n) is 3.42. The summed E-state index contributed by atoms with van der Waals surface area (Å²) in [5, 5.41) is 0. The maximum atomic E-state index is 4.36. The van der Waals surface area contributed by atoms with Gasteiger partial charge < -0.3 is 0 Å². The van der Waals surface area contributed by atoms with Crippen molar-refractivity contribution in [2.75, 3.05) is 0 Å². The quantitative estimate of drug-likeness (QED) is 0.678. The Kier molecular flexibility index (Phi) is 3.13. The molecular formula is C21H22. The maximum Gasteiger partial charge on any atom is 0.0701 e. The van der Waals surface area contributed by atoms with Crippen molar-refractivity contribution in [1.29, 1.82) is 0 Å². The van der Waals surface area contributed by atoms with Crippen molar-refractivity contribution in [2.45, 2.75) is 33.1 Å². The highest BCUT2D eigenvalue weighted by atomic mass is 14.6. The summed E-state index contributed by atoms with van der Waals surface area (Å²) in [5.41, 5.74) is 9.16. The molecule has 0 saturated heterocycles. The Labute approximate surface area is 127 Å². The second kappa shape index (κ2) is 4.73. The molecule has 3 rings (SSSR count). The topological polar surface area (TPSA) is 0 Å². The SMILES string of the molecule is C=C1C(=C(C)C)C1(c1ccc(C)cc1)c1ccc(C)cc1. The van der Waals surface area contributed by atoms with Crippen LogP contribution in [0.4, 0.5) is 0 Å². The Balaban J connectivity index is 2.23. The summed E-state index contributed by atoms with van der Waals surface area (Å²) in [5.74, 6) is 0. The van der Waals surface area contributed by atoms with Crippen molar-refractivity contribution < 1.29 is 0 Å². The number of benzene rings is 2. The molecule has 0 bridgehead atoms. The van der Waals surface area contributed by atoms with Crippen molar-refractivity contribution >= 4 is 0 Å². The van der Waals surface area contributed by atoms with E-state index < -0.39 is 0 Å². The monoisotopic (exact) mass is 274 g/mol. The second-order valence-electron chi connectivity index (χ2n) is 6.34. The second-order valence-corrected chi connectivity index (χ2v) is 6.34. The van der Waals surface area contributed by atoms with Crippen molar-refractivity contribution in [2.24, 2.45) is 0 Å². The number of allylic oxidation sites excluding steroid dienone is 3. The van der Waals surface area contributed by atoms with Gasteiger partial charge >= 0.3 is 0 Å². The van der Waals surface area contributed by atoms with Gasteiger partial charge in [0.15, 0.2) is 0 Å². The molecule has 0 N–H and O–H groups in total. The summed E-state index contributed by atoms with van der Waals surface area (Å²) >= 11 is 0. The molecule has 21 heavy (non-hydrogen) atoms. The van der Waals surface area contributed by atoms with Gasteiger partial charge in [-0.2, -0.15) is 0 Å². The predicted molar refractivity (Wildman–Crippen MR) is 90.7 cm³/mol. The molecule has 1 saturated carbocycles. The lowest BCUT2D eigenvalue weighted by atomic mass is 9.85. The van der Waals surface area contributed by atoms with Gasteiger partial charge in [0.25, 0.3) is 0 Å². The van der Waals surface area contributed by atoms with Crippen LogP contribution in [-0.2, 0) is 5.41 Å². The van der Waals surface area contributed by atoms with Crippen LogP contribution < -0.4 is 0 Å². The summed E-state index contributed by atoms with van der Waals surface area (Å²) in [7, 11) is 0. The number of hydrogen-bond donors (Lipinski definition) is 0. The number of hydrogen-bond acceptors (Lipinski definition) is 0. The third-order valence-electron chi connectivity index (χ3n) is 4.54. The molecule has 0 nitrogen and oxygen atoms in total. The minimum atomic E-state index is -0.0970. The first-order valence-corrected chi connectivity index (χ1v) is 7.50. The molecule has 0 aromatic heterocycles. The molecule has 0 heteroatoms. The standard InChI is InChI=1S/C21H22/c1-14(2)20-17(5)21(20,18-10-6-15(3)7-11-18)19-12-8-16(4)9-13-19/h6-13H,5H2,1-4H3. The van der Waals surface area contributed by atoms with Crippen molar-refractivity contribution in [3.63, 3.8) is 0 Å². The molecule has 2 aromatic carbocycles.